The monoisotopic (exact) mass is 294 g/mol. The van der Waals surface area contributed by atoms with Gasteiger partial charge < -0.3 is 15.0 Å². The maximum absolute atomic E-state index is 6.03. The van der Waals surface area contributed by atoms with Gasteiger partial charge in [0.15, 0.2) is 5.82 Å². The van der Waals surface area contributed by atoms with Crippen molar-refractivity contribution in [2.24, 2.45) is 5.73 Å². The van der Waals surface area contributed by atoms with Crippen LogP contribution in [0.2, 0.25) is 0 Å². The Labute approximate surface area is 121 Å². The summed E-state index contributed by atoms with van der Waals surface area (Å²) >= 11 is 1.54. The Morgan fingerprint density at radius 1 is 1.40 bits per heavy atom. The van der Waals surface area contributed by atoms with E-state index in [2.05, 4.69) is 15.1 Å². The molecule has 0 bridgehead atoms. The van der Waals surface area contributed by atoms with Gasteiger partial charge in [0.05, 0.1) is 29.5 Å². The second kappa shape index (κ2) is 5.59. The zero-order valence-corrected chi connectivity index (χ0v) is 12.4. The number of hydrogen-bond acceptors (Lipinski definition) is 7. The molecule has 0 amide bonds. The molecule has 1 aliphatic rings. The van der Waals surface area contributed by atoms with Crippen LogP contribution in [-0.2, 0) is 4.74 Å². The van der Waals surface area contributed by atoms with E-state index in [4.69, 9.17) is 15.0 Å². The minimum absolute atomic E-state index is 0.345. The smallest absolute Gasteiger partial charge is 0.269 e. The van der Waals surface area contributed by atoms with Gasteiger partial charge in [-0.2, -0.15) is 4.98 Å². The Hall–Kier alpha value is -1.31. The highest BCUT2D eigenvalue weighted by Gasteiger charge is 2.22. The molecule has 0 radical (unpaired) electrons. The SMILES string of the molecule is Cc1nc(C)c(-c2nc(C(N)COC3CCC3)no2)s1. The molecule has 0 aliphatic heterocycles. The summed E-state index contributed by atoms with van der Waals surface area (Å²) in [6.07, 6.45) is 3.86. The van der Waals surface area contributed by atoms with Gasteiger partial charge in [-0.05, 0) is 33.1 Å². The first-order valence-corrected chi connectivity index (χ1v) is 7.60. The van der Waals surface area contributed by atoms with Gasteiger partial charge in [0.2, 0.25) is 0 Å². The van der Waals surface area contributed by atoms with Crippen molar-refractivity contribution >= 4 is 11.3 Å². The zero-order valence-electron chi connectivity index (χ0n) is 11.6. The lowest BCUT2D eigenvalue weighted by atomic mass is 9.96. The summed E-state index contributed by atoms with van der Waals surface area (Å²) in [5, 5.41) is 4.93. The van der Waals surface area contributed by atoms with Gasteiger partial charge in [-0.3, -0.25) is 0 Å². The average Bonchev–Trinajstić information content (AvgIpc) is 2.93. The van der Waals surface area contributed by atoms with E-state index in [1.807, 2.05) is 13.8 Å². The largest absolute Gasteiger partial charge is 0.376 e. The van der Waals surface area contributed by atoms with Crippen molar-refractivity contribution in [3.8, 4) is 10.8 Å². The molecule has 1 fully saturated rings. The summed E-state index contributed by atoms with van der Waals surface area (Å²) in [5.74, 6) is 0.979. The standard InChI is InChI=1S/C13H18N4O2S/c1-7-11(20-8(2)15-7)13-16-12(17-19-13)10(14)6-18-9-4-3-5-9/h9-10H,3-6,14H2,1-2H3. The maximum Gasteiger partial charge on any atom is 0.269 e. The molecule has 6 nitrogen and oxygen atoms in total. The van der Waals surface area contributed by atoms with Crippen LogP contribution in [0, 0.1) is 13.8 Å². The first-order chi connectivity index (χ1) is 9.63. The van der Waals surface area contributed by atoms with Crippen LogP contribution in [0.3, 0.4) is 0 Å². The maximum atomic E-state index is 6.03. The molecule has 1 saturated carbocycles. The van der Waals surface area contributed by atoms with E-state index >= 15 is 0 Å². The van der Waals surface area contributed by atoms with Crippen LogP contribution in [0.5, 0.6) is 0 Å². The Balaban J connectivity index is 1.67. The van der Waals surface area contributed by atoms with Crippen LogP contribution in [0.1, 0.15) is 41.8 Å². The van der Waals surface area contributed by atoms with Crippen molar-refractivity contribution in [3.05, 3.63) is 16.5 Å². The molecular weight excluding hydrogens is 276 g/mol. The highest BCUT2D eigenvalue weighted by Crippen LogP contribution is 2.29. The predicted molar refractivity (Wildman–Crippen MR) is 75.4 cm³/mol. The molecule has 0 spiro atoms. The Bertz CT molecular complexity index is 591. The van der Waals surface area contributed by atoms with Gasteiger partial charge in [0.25, 0.3) is 5.89 Å². The van der Waals surface area contributed by atoms with E-state index in [0.717, 1.165) is 28.4 Å². The van der Waals surface area contributed by atoms with Crippen LogP contribution < -0.4 is 5.73 Å². The third-order valence-electron chi connectivity index (χ3n) is 3.43. The van der Waals surface area contributed by atoms with Gasteiger partial charge >= 0.3 is 0 Å². The fourth-order valence-corrected chi connectivity index (χ4v) is 2.90. The van der Waals surface area contributed by atoms with Crippen molar-refractivity contribution in [1.29, 1.82) is 0 Å². The van der Waals surface area contributed by atoms with Gasteiger partial charge in [-0.15, -0.1) is 11.3 Å². The fourth-order valence-electron chi connectivity index (χ4n) is 2.06. The molecule has 3 rings (SSSR count). The first kappa shape index (κ1) is 13.7. The lowest BCUT2D eigenvalue weighted by Crippen LogP contribution is -2.27. The van der Waals surface area contributed by atoms with Gasteiger partial charge in [-0.25, -0.2) is 4.98 Å². The van der Waals surface area contributed by atoms with Crippen LogP contribution in [-0.4, -0.2) is 27.8 Å². The van der Waals surface area contributed by atoms with Crippen LogP contribution in [0.25, 0.3) is 10.8 Å². The molecule has 1 atom stereocenters. The highest BCUT2D eigenvalue weighted by atomic mass is 32.1. The molecule has 1 aliphatic carbocycles. The van der Waals surface area contributed by atoms with E-state index in [1.54, 1.807) is 11.3 Å². The van der Waals surface area contributed by atoms with E-state index in [1.165, 1.54) is 6.42 Å². The second-order valence-corrected chi connectivity index (χ2v) is 6.30. The average molecular weight is 294 g/mol. The Morgan fingerprint density at radius 2 is 2.20 bits per heavy atom. The van der Waals surface area contributed by atoms with Crippen LogP contribution in [0.15, 0.2) is 4.52 Å². The van der Waals surface area contributed by atoms with E-state index in [-0.39, 0.29) is 6.04 Å². The number of hydrogen-bond donors (Lipinski definition) is 1. The lowest BCUT2D eigenvalue weighted by Gasteiger charge is -2.26. The Kier molecular flexibility index (Phi) is 3.82. The number of nitrogens with two attached hydrogens (primary N) is 1. The van der Waals surface area contributed by atoms with E-state index < -0.39 is 0 Å². The minimum atomic E-state index is -0.345. The van der Waals surface area contributed by atoms with Crippen molar-refractivity contribution in [1.82, 2.24) is 15.1 Å². The zero-order chi connectivity index (χ0) is 14.1. The number of rotatable bonds is 5. The summed E-state index contributed by atoms with van der Waals surface area (Å²) < 4.78 is 11.0. The van der Waals surface area contributed by atoms with Crippen molar-refractivity contribution in [3.63, 3.8) is 0 Å². The molecule has 0 aromatic carbocycles. The fraction of sp³-hybridized carbons (Fsp3) is 0.615. The minimum Gasteiger partial charge on any atom is -0.376 e. The summed E-state index contributed by atoms with van der Waals surface area (Å²) in [6.45, 7) is 4.32. The van der Waals surface area contributed by atoms with Crippen LogP contribution in [0.4, 0.5) is 0 Å². The lowest BCUT2D eigenvalue weighted by molar-refractivity contribution is -0.00549. The summed E-state index contributed by atoms with van der Waals surface area (Å²) in [5.41, 5.74) is 6.94. The molecule has 2 aromatic heterocycles. The summed E-state index contributed by atoms with van der Waals surface area (Å²) in [4.78, 5) is 9.63. The van der Waals surface area contributed by atoms with E-state index in [9.17, 15) is 0 Å². The second-order valence-electron chi connectivity index (χ2n) is 5.10. The molecule has 2 heterocycles. The molecule has 0 saturated heterocycles. The molecule has 2 N–H and O–H groups in total. The summed E-state index contributed by atoms with van der Waals surface area (Å²) in [7, 11) is 0. The van der Waals surface area contributed by atoms with Gasteiger partial charge in [0.1, 0.15) is 4.88 Å². The van der Waals surface area contributed by atoms with Crippen molar-refractivity contribution in [2.75, 3.05) is 6.61 Å². The molecule has 2 aromatic rings. The molecule has 108 valence electrons. The molecular formula is C13H18N4O2S. The van der Waals surface area contributed by atoms with Gasteiger partial charge in [0, 0.05) is 0 Å². The third kappa shape index (κ3) is 2.74. The number of nitrogens with zero attached hydrogens (tertiary/aromatic N) is 3. The molecule has 1 unspecified atom stereocenters. The number of ether oxygens (including phenoxy) is 1. The highest BCUT2D eigenvalue weighted by molar-refractivity contribution is 7.15. The normalized spacial score (nSPS) is 17.1. The summed E-state index contributed by atoms with van der Waals surface area (Å²) in [6, 6.07) is -0.345. The number of aryl methyl sites for hydroxylation is 2. The molecule has 7 heteroatoms. The Morgan fingerprint density at radius 3 is 2.80 bits per heavy atom. The van der Waals surface area contributed by atoms with Crippen molar-refractivity contribution < 1.29 is 9.26 Å². The number of thiazole rings is 1. The quantitative estimate of drug-likeness (QED) is 0.911. The van der Waals surface area contributed by atoms with Crippen LogP contribution >= 0.6 is 11.3 Å². The first-order valence-electron chi connectivity index (χ1n) is 6.78. The van der Waals surface area contributed by atoms with Crippen molar-refractivity contribution in [2.45, 2.75) is 45.3 Å². The van der Waals surface area contributed by atoms with Gasteiger partial charge in [-0.1, -0.05) is 5.16 Å². The number of aromatic nitrogens is 3. The van der Waals surface area contributed by atoms with E-state index in [0.29, 0.717) is 24.4 Å². The molecule has 20 heavy (non-hydrogen) atoms. The topological polar surface area (TPSA) is 87.1 Å². The third-order valence-corrected chi connectivity index (χ3v) is 4.50. The predicted octanol–water partition coefficient (Wildman–Crippen LogP) is 2.38.